The predicted octanol–water partition coefficient (Wildman–Crippen LogP) is 1.21. The highest BCUT2D eigenvalue weighted by molar-refractivity contribution is 5.79. The van der Waals surface area contributed by atoms with Gasteiger partial charge in [-0.1, -0.05) is 6.07 Å². The number of rotatable bonds is 5. The van der Waals surface area contributed by atoms with Crippen LogP contribution in [0.4, 0.5) is 5.82 Å². The fourth-order valence-corrected chi connectivity index (χ4v) is 3.35. The van der Waals surface area contributed by atoms with Crippen molar-refractivity contribution in [3.05, 3.63) is 54.1 Å². The molecule has 1 atom stereocenters. The third kappa shape index (κ3) is 4.62. The summed E-state index contributed by atoms with van der Waals surface area (Å²) in [6.45, 7) is 5.72. The molecule has 0 aliphatic carbocycles. The van der Waals surface area contributed by atoms with Crippen LogP contribution in [0.1, 0.15) is 18.3 Å². The first-order valence-electron chi connectivity index (χ1n) is 9.77. The average molecular weight is 394 g/mol. The molecule has 152 valence electrons. The number of hydrogen-bond acceptors (Lipinski definition) is 6. The molecule has 1 fully saturated rings. The molecule has 0 spiro atoms. The van der Waals surface area contributed by atoms with Gasteiger partial charge in [-0.3, -0.25) is 9.39 Å². The maximum Gasteiger partial charge on any atom is 0.191 e. The van der Waals surface area contributed by atoms with Crippen molar-refractivity contribution in [2.45, 2.75) is 26.1 Å². The minimum absolute atomic E-state index is 0.226. The summed E-state index contributed by atoms with van der Waals surface area (Å²) in [5, 5.41) is 15.0. The second-order valence-corrected chi connectivity index (χ2v) is 6.97. The van der Waals surface area contributed by atoms with Crippen LogP contribution in [0.15, 0.2) is 47.7 Å². The first kappa shape index (κ1) is 19.1. The predicted molar refractivity (Wildman–Crippen MR) is 112 cm³/mol. The van der Waals surface area contributed by atoms with Gasteiger partial charge in [0.05, 0.1) is 19.3 Å². The van der Waals surface area contributed by atoms with Crippen LogP contribution in [0.5, 0.6) is 0 Å². The lowest BCUT2D eigenvalue weighted by Crippen LogP contribution is -2.41. The number of guanidine groups is 1. The lowest BCUT2D eigenvalue weighted by atomic mass is 10.2. The molecule has 29 heavy (non-hydrogen) atoms. The second kappa shape index (κ2) is 8.87. The van der Waals surface area contributed by atoms with Crippen molar-refractivity contribution in [2.75, 3.05) is 31.6 Å². The summed E-state index contributed by atoms with van der Waals surface area (Å²) in [5.74, 6) is 2.52. The maximum absolute atomic E-state index is 5.62. The molecule has 3 aromatic rings. The van der Waals surface area contributed by atoms with Crippen molar-refractivity contribution in [3.63, 3.8) is 0 Å². The van der Waals surface area contributed by atoms with Crippen molar-refractivity contribution in [2.24, 2.45) is 4.99 Å². The van der Waals surface area contributed by atoms with E-state index in [1.54, 1.807) is 7.05 Å². The van der Waals surface area contributed by atoms with Gasteiger partial charge < -0.3 is 20.3 Å². The summed E-state index contributed by atoms with van der Waals surface area (Å²) in [7, 11) is 1.75. The molecular weight excluding hydrogens is 368 g/mol. The van der Waals surface area contributed by atoms with E-state index in [9.17, 15) is 0 Å². The van der Waals surface area contributed by atoms with Gasteiger partial charge in [0, 0.05) is 39.1 Å². The third-order valence-electron chi connectivity index (χ3n) is 4.86. The van der Waals surface area contributed by atoms with Crippen molar-refractivity contribution >= 4 is 17.4 Å². The van der Waals surface area contributed by atoms with Gasteiger partial charge in [0.25, 0.3) is 0 Å². The minimum Gasteiger partial charge on any atom is -0.375 e. The van der Waals surface area contributed by atoms with E-state index in [0.717, 1.165) is 42.5 Å². The molecule has 1 aliphatic rings. The van der Waals surface area contributed by atoms with Crippen molar-refractivity contribution < 1.29 is 4.74 Å². The minimum atomic E-state index is 0.226. The number of fused-ring (bicyclic) bond motifs is 1. The van der Waals surface area contributed by atoms with E-state index in [2.05, 4.69) is 48.7 Å². The second-order valence-electron chi connectivity index (χ2n) is 6.97. The van der Waals surface area contributed by atoms with Crippen LogP contribution in [0.25, 0.3) is 5.65 Å². The first-order chi connectivity index (χ1) is 14.2. The summed E-state index contributed by atoms with van der Waals surface area (Å²) >= 11 is 0. The lowest BCUT2D eigenvalue weighted by Gasteiger charge is -2.32. The molecule has 0 aromatic carbocycles. The Labute approximate surface area is 169 Å². The fourth-order valence-electron chi connectivity index (χ4n) is 3.35. The SMILES string of the molecule is CN=C(NCc1ccnc(N2CCOC(C)C2)c1)NCc1nnc2ccccn12. The maximum atomic E-state index is 5.62. The Morgan fingerprint density at radius 2 is 2.14 bits per heavy atom. The number of hydrogen-bond donors (Lipinski definition) is 2. The van der Waals surface area contributed by atoms with Crippen LogP contribution in [0.3, 0.4) is 0 Å². The summed E-state index contributed by atoms with van der Waals surface area (Å²) in [4.78, 5) is 11.1. The van der Waals surface area contributed by atoms with Crippen molar-refractivity contribution in [3.8, 4) is 0 Å². The smallest absolute Gasteiger partial charge is 0.191 e. The van der Waals surface area contributed by atoms with E-state index in [0.29, 0.717) is 19.0 Å². The van der Waals surface area contributed by atoms with Crippen molar-refractivity contribution in [1.29, 1.82) is 0 Å². The molecule has 4 heterocycles. The molecule has 1 unspecified atom stereocenters. The summed E-state index contributed by atoms with van der Waals surface area (Å²) in [5.41, 5.74) is 1.97. The van der Waals surface area contributed by atoms with E-state index in [4.69, 9.17) is 4.74 Å². The van der Waals surface area contributed by atoms with E-state index in [1.165, 1.54) is 0 Å². The number of aromatic nitrogens is 4. The number of aliphatic imine (C=N–C) groups is 1. The van der Waals surface area contributed by atoms with Crippen LogP contribution in [-0.4, -0.2) is 58.4 Å². The van der Waals surface area contributed by atoms with Gasteiger partial charge in [-0.15, -0.1) is 10.2 Å². The van der Waals surface area contributed by atoms with Crippen LogP contribution in [0.2, 0.25) is 0 Å². The van der Waals surface area contributed by atoms with Crippen LogP contribution in [-0.2, 0) is 17.8 Å². The molecule has 1 aliphatic heterocycles. The zero-order valence-corrected chi connectivity index (χ0v) is 16.7. The number of ether oxygens (including phenoxy) is 1. The van der Waals surface area contributed by atoms with Crippen molar-refractivity contribution in [1.82, 2.24) is 30.2 Å². The lowest BCUT2D eigenvalue weighted by molar-refractivity contribution is 0.0529. The monoisotopic (exact) mass is 394 g/mol. The molecule has 1 saturated heterocycles. The number of anilines is 1. The Morgan fingerprint density at radius 1 is 1.24 bits per heavy atom. The molecule has 0 bridgehead atoms. The summed E-state index contributed by atoms with van der Waals surface area (Å²) < 4.78 is 7.58. The third-order valence-corrected chi connectivity index (χ3v) is 4.86. The highest BCUT2D eigenvalue weighted by atomic mass is 16.5. The molecule has 0 saturated carbocycles. The standard InChI is InChI=1S/C20H26N8O/c1-15-14-27(9-10-29-15)18-11-16(6-7-22-18)12-23-20(21-2)24-13-19-26-25-17-5-3-4-8-28(17)19/h3-8,11,15H,9-10,12-14H2,1-2H3,(H2,21,23,24). The molecule has 0 amide bonds. The molecule has 4 rings (SSSR count). The summed E-state index contributed by atoms with van der Waals surface area (Å²) in [6, 6.07) is 9.97. The van der Waals surface area contributed by atoms with Gasteiger partial charge >= 0.3 is 0 Å². The number of pyridine rings is 2. The Hall–Kier alpha value is -3.20. The van der Waals surface area contributed by atoms with Gasteiger partial charge in [0.15, 0.2) is 17.4 Å². The normalized spacial score (nSPS) is 17.5. The molecule has 3 aromatic heterocycles. The largest absolute Gasteiger partial charge is 0.375 e. The van der Waals surface area contributed by atoms with Gasteiger partial charge in [-0.05, 0) is 36.8 Å². The van der Waals surface area contributed by atoms with Gasteiger partial charge in [-0.25, -0.2) is 4.98 Å². The highest BCUT2D eigenvalue weighted by Crippen LogP contribution is 2.16. The topological polar surface area (TPSA) is 92.0 Å². The highest BCUT2D eigenvalue weighted by Gasteiger charge is 2.18. The number of morpholine rings is 1. The van der Waals surface area contributed by atoms with E-state index >= 15 is 0 Å². The number of nitrogens with one attached hydrogen (secondary N) is 2. The van der Waals surface area contributed by atoms with E-state index in [-0.39, 0.29) is 6.10 Å². The average Bonchev–Trinajstić information content (AvgIpc) is 3.17. The molecular formula is C20H26N8O. The molecule has 0 radical (unpaired) electrons. The van der Waals surface area contributed by atoms with Gasteiger partial charge in [-0.2, -0.15) is 0 Å². The fraction of sp³-hybridized carbons (Fsp3) is 0.400. The van der Waals surface area contributed by atoms with E-state index in [1.807, 2.05) is 41.1 Å². The zero-order chi connectivity index (χ0) is 20.1. The quantitative estimate of drug-likeness (QED) is 0.496. The van der Waals surface area contributed by atoms with Crippen LogP contribution >= 0.6 is 0 Å². The number of nitrogens with zero attached hydrogens (tertiary/aromatic N) is 6. The Bertz CT molecular complexity index is 985. The Balaban J connectivity index is 1.34. The molecule has 9 nitrogen and oxygen atoms in total. The van der Waals surface area contributed by atoms with E-state index < -0.39 is 0 Å². The van der Waals surface area contributed by atoms with Crippen LogP contribution in [0, 0.1) is 0 Å². The van der Waals surface area contributed by atoms with Gasteiger partial charge in [0.2, 0.25) is 0 Å². The van der Waals surface area contributed by atoms with Crippen LogP contribution < -0.4 is 15.5 Å². The molecule has 9 heteroatoms. The molecule has 2 N–H and O–H groups in total. The summed E-state index contributed by atoms with van der Waals surface area (Å²) in [6.07, 6.45) is 4.03. The first-order valence-corrected chi connectivity index (χ1v) is 9.77. The Kier molecular flexibility index (Phi) is 5.85. The Morgan fingerprint density at radius 3 is 3.00 bits per heavy atom. The zero-order valence-electron chi connectivity index (χ0n) is 16.7. The van der Waals surface area contributed by atoms with Gasteiger partial charge in [0.1, 0.15) is 5.82 Å².